The molecule has 2 heteroatoms. The topological polar surface area (TPSA) is 26.3 Å². The molecule has 0 saturated carbocycles. The van der Waals surface area contributed by atoms with E-state index >= 15 is 0 Å². The van der Waals surface area contributed by atoms with Crippen molar-refractivity contribution in [2.45, 2.75) is 45.1 Å². The number of hydrogen-bond acceptors (Lipinski definition) is 2. The van der Waals surface area contributed by atoms with Crippen LogP contribution in [0.3, 0.4) is 0 Å². The van der Waals surface area contributed by atoms with E-state index in [0.717, 1.165) is 25.7 Å². The molecule has 2 nitrogen and oxygen atoms in total. The molecule has 1 unspecified atom stereocenters. The van der Waals surface area contributed by atoms with Crippen LogP contribution in [-0.4, -0.2) is 19.0 Å². The number of benzene rings is 1. The number of Topliss-reactive ketones (excluding diaryl/α,β-unsaturated/α-hetero) is 1. The molecule has 0 aliphatic carbocycles. The van der Waals surface area contributed by atoms with E-state index in [1.807, 2.05) is 6.07 Å². The Morgan fingerprint density at radius 3 is 2.53 bits per heavy atom. The number of rotatable bonds is 8. The molecule has 1 rings (SSSR count). The molecule has 0 saturated heterocycles. The van der Waals surface area contributed by atoms with Crippen molar-refractivity contribution in [2.24, 2.45) is 0 Å². The highest BCUT2D eigenvalue weighted by Gasteiger charge is 2.09. The van der Waals surface area contributed by atoms with Crippen LogP contribution in [0.5, 0.6) is 0 Å². The van der Waals surface area contributed by atoms with Crippen molar-refractivity contribution in [1.29, 1.82) is 0 Å². The van der Waals surface area contributed by atoms with Crippen LogP contribution < -0.4 is 0 Å². The van der Waals surface area contributed by atoms with E-state index in [9.17, 15) is 4.79 Å². The standard InChI is InChI=1S/C15H22O2/c1-13(16)12-15(17-2)11-7-6-10-14-8-4-3-5-9-14/h3-5,8-9,15H,6-7,10-12H2,1-2H3. The number of ether oxygens (including phenoxy) is 1. The molecule has 0 spiro atoms. The first-order valence-electron chi connectivity index (χ1n) is 6.28. The van der Waals surface area contributed by atoms with Gasteiger partial charge >= 0.3 is 0 Å². The van der Waals surface area contributed by atoms with E-state index in [1.54, 1.807) is 14.0 Å². The fourth-order valence-corrected chi connectivity index (χ4v) is 1.97. The smallest absolute Gasteiger partial charge is 0.132 e. The SMILES string of the molecule is COC(CCCCc1ccccc1)CC(C)=O. The van der Waals surface area contributed by atoms with Gasteiger partial charge in [-0.15, -0.1) is 0 Å². The minimum Gasteiger partial charge on any atom is -0.381 e. The zero-order valence-electron chi connectivity index (χ0n) is 10.8. The monoisotopic (exact) mass is 234 g/mol. The van der Waals surface area contributed by atoms with Crippen molar-refractivity contribution in [3.05, 3.63) is 35.9 Å². The van der Waals surface area contributed by atoms with Crippen LogP contribution in [0.15, 0.2) is 30.3 Å². The summed E-state index contributed by atoms with van der Waals surface area (Å²) in [5.41, 5.74) is 1.38. The molecule has 1 aromatic carbocycles. The second-order valence-corrected chi connectivity index (χ2v) is 4.50. The maximum atomic E-state index is 11.0. The Morgan fingerprint density at radius 2 is 1.94 bits per heavy atom. The van der Waals surface area contributed by atoms with Gasteiger partial charge in [-0.25, -0.2) is 0 Å². The molecule has 17 heavy (non-hydrogen) atoms. The molecule has 0 aromatic heterocycles. The zero-order chi connectivity index (χ0) is 12.5. The summed E-state index contributed by atoms with van der Waals surface area (Å²) >= 11 is 0. The van der Waals surface area contributed by atoms with Crippen molar-refractivity contribution >= 4 is 5.78 Å². The second-order valence-electron chi connectivity index (χ2n) is 4.50. The van der Waals surface area contributed by atoms with Gasteiger partial charge in [0, 0.05) is 13.5 Å². The Hall–Kier alpha value is -1.15. The third-order valence-electron chi connectivity index (χ3n) is 2.93. The highest BCUT2D eigenvalue weighted by Crippen LogP contribution is 2.11. The predicted molar refractivity (Wildman–Crippen MR) is 70.1 cm³/mol. The predicted octanol–water partition coefficient (Wildman–Crippen LogP) is 3.39. The van der Waals surface area contributed by atoms with Crippen LogP contribution in [0.1, 0.15) is 38.2 Å². The summed E-state index contributed by atoms with van der Waals surface area (Å²) in [6.45, 7) is 1.62. The third-order valence-corrected chi connectivity index (χ3v) is 2.93. The quantitative estimate of drug-likeness (QED) is 0.644. The Balaban J connectivity index is 2.16. The van der Waals surface area contributed by atoms with Crippen LogP contribution in [0.25, 0.3) is 0 Å². The average Bonchev–Trinajstić information content (AvgIpc) is 2.34. The number of aryl methyl sites for hydroxylation is 1. The van der Waals surface area contributed by atoms with Crippen LogP contribution in [0.4, 0.5) is 0 Å². The van der Waals surface area contributed by atoms with Gasteiger partial charge in [0.25, 0.3) is 0 Å². The number of methoxy groups -OCH3 is 1. The Labute approximate surface area is 104 Å². The first-order chi connectivity index (χ1) is 8.22. The molecule has 0 radical (unpaired) electrons. The number of carbonyl (C=O) groups excluding carboxylic acids is 1. The third kappa shape index (κ3) is 6.22. The molecular weight excluding hydrogens is 212 g/mol. The number of ketones is 1. The number of carbonyl (C=O) groups is 1. The van der Waals surface area contributed by atoms with Crippen molar-refractivity contribution in [2.75, 3.05) is 7.11 Å². The van der Waals surface area contributed by atoms with Gasteiger partial charge in [-0.05, 0) is 31.7 Å². The molecule has 0 aliphatic heterocycles. The van der Waals surface area contributed by atoms with E-state index in [1.165, 1.54) is 5.56 Å². The van der Waals surface area contributed by atoms with Crippen LogP contribution in [-0.2, 0) is 16.0 Å². The van der Waals surface area contributed by atoms with Crippen molar-refractivity contribution in [1.82, 2.24) is 0 Å². The van der Waals surface area contributed by atoms with Gasteiger partial charge in [-0.2, -0.15) is 0 Å². The largest absolute Gasteiger partial charge is 0.381 e. The molecule has 1 atom stereocenters. The highest BCUT2D eigenvalue weighted by molar-refractivity contribution is 5.75. The van der Waals surface area contributed by atoms with Gasteiger partial charge in [0.15, 0.2) is 0 Å². The Morgan fingerprint density at radius 1 is 1.24 bits per heavy atom. The van der Waals surface area contributed by atoms with E-state index in [0.29, 0.717) is 6.42 Å². The van der Waals surface area contributed by atoms with Crippen LogP contribution in [0.2, 0.25) is 0 Å². The Kier molecular flexibility index (Phi) is 6.56. The fourth-order valence-electron chi connectivity index (χ4n) is 1.97. The van der Waals surface area contributed by atoms with Crippen molar-refractivity contribution < 1.29 is 9.53 Å². The fraction of sp³-hybridized carbons (Fsp3) is 0.533. The average molecular weight is 234 g/mol. The van der Waals surface area contributed by atoms with E-state index < -0.39 is 0 Å². The van der Waals surface area contributed by atoms with Crippen molar-refractivity contribution in [3.63, 3.8) is 0 Å². The van der Waals surface area contributed by atoms with Gasteiger partial charge in [0.1, 0.15) is 5.78 Å². The normalized spacial score (nSPS) is 12.4. The molecule has 0 amide bonds. The summed E-state index contributed by atoms with van der Waals surface area (Å²) in [6, 6.07) is 10.5. The Bertz CT molecular complexity index is 319. The summed E-state index contributed by atoms with van der Waals surface area (Å²) in [5, 5.41) is 0. The lowest BCUT2D eigenvalue weighted by molar-refractivity contribution is -0.119. The minimum absolute atomic E-state index is 0.100. The molecule has 1 aromatic rings. The zero-order valence-corrected chi connectivity index (χ0v) is 10.8. The van der Waals surface area contributed by atoms with E-state index in [2.05, 4.69) is 24.3 Å². The summed E-state index contributed by atoms with van der Waals surface area (Å²) in [7, 11) is 1.69. The summed E-state index contributed by atoms with van der Waals surface area (Å²) in [4.78, 5) is 11.0. The van der Waals surface area contributed by atoms with Crippen molar-refractivity contribution in [3.8, 4) is 0 Å². The van der Waals surface area contributed by atoms with Gasteiger partial charge in [-0.3, -0.25) is 4.79 Å². The maximum Gasteiger partial charge on any atom is 0.132 e. The highest BCUT2D eigenvalue weighted by atomic mass is 16.5. The first-order valence-corrected chi connectivity index (χ1v) is 6.28. The summed E-state index contributed by atoms with van der Waals surface area (Å²) in [6.07, 6.45) is 4.99. The number of unbranched alkanes of at least 4 members (excludes halogenated alkanes) is 1. The second kappa shape index (κ2) is 8.02. The molecule has 0 aliphatic rings. The molecule has 94 valence electrons. The first kappa shape index (κ1) is 13.9. The summed E-state index contributed by atoms with van der Waals surface area (Å²) in [5.74, 6) is 0.208. The van der Waals surface area contributed by atoms with Gasteiger partial charge in [0.2, 0.25) is 0 Å². The van der Waals surface area contributed by atoms with E-state index in [-0.39, 0.29) is 11.9 Å². The number of hydrogen-bond donors (Lipinski definition) is 0. The molecule has 0 heterocycles. The van der Waals surface area contributed by atoms with Gasteiger partial charge < -0.3 is 4.74 Å². The summed E-state index contributed by atoms with van der Waals surface area (Å²) < 4.78 is 5.29. The molecule has 0 fully saturated rings. The van der Waals surface area contributed by atoms with Crippen LogP contribution in [0, 0.1) is 0 Å². The lowest BCUT2D eigenvalue weighted by atomic mass is 10.0. The maximum absolute atomic E-state index is 11.0. The van der Waals surface area contributed by atoms with E-state index in [4.69, 9.17) is 4.74 Å². The molecular formula is C15H22O2. The minimum atomic E-state index is 0.100. The lowest BCUT2D eigenvalue weighted by Crippen LogP contribution is -2.14. The van der Waals surface area contributed by atoms with Crippen LogP contribution >= 0.6 is 0 Å². The molecule has 0 bridgehead atoms. The van der Waals surface area contributed by atoms with Gasteiger partial charge in [0.05, 0.1) is 6.10 Å². The van der Waals surface area contributed by atoms with Gasteiger partial charge in [-0.1, -0.05) is 36.8 Å². The lowest BCUT2D eigenvalue weighted by Gasteiger charge is -2.13. The molecule has 0 N–H and O–H groups in total.